The first-order chi connectivity index (χ1) is 15.0. The fraction of sp³-hybridized carbons (Fsp3) is 0.308. The zero-order valence-corrected chi connectivity index (χ0v) is 18.7. The van der Waals surface area contributed by atoms with E-state index in [1.54, 1.807) is 6.20 Å². The van der Waals surface area contributed by atoms with Gasteiger partial charge in [-0.25, -0.2) is 4.98 Å². The molecule has 1 heterocycles. The normalized spacial score (nSPS) is 14.3. The molecular weight excluding hydrogens is 406 g/mol. The van der Waals surface area contributed by atoms with Crippen LogP contribution in [0.5, 0.6) is 0 Å². The Morgan fingerprint density at radius 3 is 2.42 bits per heavy atom. The van der Waals surface area contributed by atoms with Crippen LogP contribution in [0.2, 0.25) is 5.02 Å². The van der Waals surface area contributed by atoms with E-state index in [1.165, 1.54) is 0 Å². The second kappa shape index (κ2) is 9.52. The van der Waals surface area contributed by atoms with Crippen LogP contribution in [0.4, 0.5) is 5.82 Å². The molecule has 1 N–H and O–H groups in total. The van der Waals surface area contributed by atoms with Crippen LogP contribution in [0.3, 0.4) is 0 Å². The quantitative estimate of drug-likeness (QED) is 0.463. The number of halogens is 1. The Hall–Kier alpha value is -2.85. The minimum absolute atomic E-state index is 0.0568. The number of hydrogen-bond donors (Lipinski definition) is 1. The van der Waals surface area contributed by atoms with Gasteiger partial charge in [0.25, 0.3) is 5.91 Å². The molecule has 31 heavy (non-hydrogen) atoms. The number of pyridine rings is 1. The Morgan fingerprint density at radius 1 is 1.06 bits per heavy atom. The highest BCUT2D eigenvalue weighted by Gasteiger charge is 2.39. The van der Waals surface area contributed by atoms with Crippen molar-refractivity contribution in [3.63, 3.8) is 0 Å². The monoisotopic (exact) mass is 433 g/mol. The topological polar surface area (TPSA) is 45.2 Å². The van der Waals surface area contributed by atoms with Gasteiger partial charge in [-0.3, -0.25) is 4.79 Å². The molecule has 4 rings (SSSR count). The summed E-state index contributed by atoms with van der Waals surface area (Å²) in [4.78, 5) is 20.3. The summed E-state index contributed by atoms with van der Waals surface area (Å²) in [5.41, 5.74) is 2.80. The van der Waals surface area contributed by atoms with E-state index >= 15 is 0 Å². The van der Waals surface area contributed by atoms with Gasteiger partial charge in [-0.05, 0) is 48.1 Å². The highest BCUT2D eigenvalue weighted by molar-refractivity contribution is 6.30. The first-order valence-corrected chi connectivity index (χ1v) is 11.2. The van der Waals surface area contributed by atoms with Gasteiger partial charge in [0, 0.05) is 24.3 Å². The van der Waals surface area contributed by atoms with E-state index in [1.807, 2.05) is 54.6 Å². The minimum Gasteiger partial charge on any atom is -0.368 e. The summed E-state index contributed by atoms with van der Waals surface area (Å²) in [6.45, 7) is 4.99. The summed E-state index contributed by atoms with van der Waals surface area (Å²) in [6, 6.07) is 22.1. The number of rotatable bonds is 8. The molecule has 1 aliphatic carbocycles. The zero-order chi connectivity index (χ0) is 21.8. The molecule has 5 heteroatoms. The van der Waals surface area contributed by atoms with E-state index in [4.69, 9.17) is 11.6 Å². The Balaban J connectivity index is 1.62. The van der Waals surface area contributed by atoms with Crippen LogP contribution in [-0.2, 0) is 0 Å². The van der Waals surface area contributed by atoms with Crippen molar-refractivity contribution in [2.75, 3.05) is 11.9 Å². The first-order valence-electron chi connectivity index (χ1n) is 10.9. The van der Waals surface area contributed by atoms with Gasteiger partial charge >= 0.3 is 0 Å². The molecule has 1 unspecified atom stereocenters. The lowest BCUT2D eigenvalue weighted by Crippen LogP contribution is -2.48. The Kier molecular flexibility index (Phi) is 6.57. The highest BCUT2D eigenvalue weighted by Crippen LogP contribution is 2.34. The first kappa shape index (κ1) is 21.4. The molecule has 2 aromatic carbocycles. The number of carbonyl (C=O) groups is 1. The molecule has 3 aromatic rings. The largest absolute Gasteiger partial charge is 0.368 e. The van der Waals surface area contributed by atoms with Crippen molar-refractivity contribution in [3.05, 3.63) is 83.5 Å². The van der Waals surface area contributed by atoms with E-state index < -0.39 is 0 Å². The van der Waals surface area contributed by atoms with E-state index in [9.17, 15) is 4.79 Å². The second-order valence-corrected chi connectivity index (χ2v) is 8.85. The summed E-state index contributed by atoms with van der Waals surface area (Å²) in [5, 5.41) is 4.01. The summed E-state index contributed by atoms with van der Waals surface area (Å²) >= 11 is 5.96. The molecule has 0 aliphatic heterocycles. The molecular formula is C26H28ClN3O. The predicted molar refractivity (Wildman–Crippen MR) is 127 cm³/mol. The van der Waals surface area contributed by atoms with Gasteiger partial charge in [-0.1, -0.05) is 74.0 Å². The molecule has 0 bridgehead atoms. The summed E-state index contributed by atoms with van der Waals surface area (Å²) in [7, 11) is 0. The molecule has 1 saturated carbocycles. The number of hydrogen-bond acceptors (Lipinski definition) is 3. The average Bonchev–Trinajstić information content (AvgIpc) is 3.63. The maximum Gasteiger partial charge on any atom is 0.255 e. The SMILES string of the molecule is CC(C)C(CNc1ccc(Cl)cn1)N(C(=O)c1ccccc1-c1ccccc1)C1CC1. The molecule has 1 aliphatic rings. The van der Waals surface area contributed by atoms with Crippen LogP contribution in [0.15, 0.2) is 72.9 Å². The lowest BCUT2D eigenvalue weighted by atomic mass is 9.96. The number of amides is 1. The van der Waals surface area contributed by atoms with Crippen LogP contribution < -0.4 is 5.32 Å². The summed E-state index contributed by atoms with van der Waals surface area (Å²) < 4.78 is 0. The van der Waals surface area contributed by atoms with Crippen molar-refractivity contribution < 1.29 is 4.79 Å². The van der Waals surface area contributed by atoms with Crippen LogP contribution in [0, 0.1) is 5.92 Å². The molecule has 0 saturated heterocycles. The van der Waals surface area contributed by atoms with Crippen LogP contribution in [0.25, 0.3) is 11.1 Å². The Morgan fingerprint density at radius 2 is 1.77 bits per heavy atom. The number of carbonyl (C=O) groups excluding carboxylic acids is 1. The smallest absolute Gasteiger partial charge is 0.255 e. The fourth-order valence-corrected chi connectivity index (χ4v) is 4.07. The van der Waals surface area contributed by atoms with Crippen LogP contribution in [0.1, 0.15) is 37.0 Å². The maximum absolute atomic E-state index is 13.9. The minimum atomic E-state index is 0.0568. The molecule has 1 atom stereocenters. The van der Waals surface area contributed by atoms with Gasteiger partial charge < -0.3 is 10.2 Å². The van der Waals surface area contributed by atoms with Crippen LogP contribution >= 0.6 is 11.6 Å². The third-order valence-corrected chi connectivity index (χ3v) is 5.99. The van der Waals surface area contributed by atoms with E-state index in [-0.39, 0.29) is 11.9 Å². The average molecular weight is 434 g/mol. The standard InChI is InChI=1S/C26H28ClN3O/c1-18(2)24(17-29-25-15-12-20(27)16-28-25)30(21-13-14-21)26(31)23-11-7-6-10-22(23)19-8-4-3-5-9-19/h3-12,15-16,18,21,24H,13-14,17H2,1-2H3,(H,28,29). The number of aromatic nitrogens is 1. The highest BCUT2D eigenvalue weighted by atomic mass is 35.5. The van der Waals surface area contributed by atoms with Gasteiger partial charge in [0.1, 0.15) is 5.82 Å². The third kappa shape index (κ3) is 5.08. The van der Waals surface area contributed by atoms with Crippen LogP contribution in [-0.4, -0.2) is 34.4 Å². The number of nitrogens with zero attached hydrogens (tertiary/aromatic N) is 2. The molecule has 0 spiro atoms. The lowest BCUT2D eigenvalue weighted by molar-refractivity contribution is 0.0620. The van der Waals surface area contributed by atoms with Gasteiger partial charge in [0.2, 0.25) is 0 Å². The maximum atomic E-state index is 13.9. The molecule has 1 fully saturated rings. The van der Waals surface area contributed by atoms with Crippen molar-refractivity contribution in [1.29, 1.82) is 0 Å². The molecule has 1 amide bonds. The van der Waals surface area contributed by atoms with Crippen molar-refractivity contribution in [2.24, 2.45) is 5.92 Å². The Labute approximate surface area is 189 Å². The van der Waals surface area contributed by atoms with Gasteiger partial charge in [0.15, 0.2) is 0 Å². The lowest BCUT2D eigenvalue weighted by Gasteiger charge is -2.35. The number of nitrogens with one attached hydrogen (secondary N) is 1. The van der Waals surface area contributed by atoms with Gasteiger partial charge in [-0.2, -0.15) is 0 Å². The second-order valence-electron chi connectivity index (χ2n) is 8.41. The van der Waals surface area contributed by atoms with E-state index in [0.717, 1.165) is 35.3 Å². The van der Waals surface area contributed by atoms with Crippen molar-refractivity contribution in [3.8, 4) is 11.1 Å². The number of anilines is 1. The summed E-state index contributed by atoms with van der Waals surface area (Å²) in [6.07, 6.45) is 3.75. The van der Waals surface area contributed by atoms with Crippen molar-refractivity contribution in [1.82, 2.24) is 9.88 Å². The van der Waals surface area contributed by atoms with E-state index in [0.29, 0.717) is 23.5 Å². The van der Waals surface area contributed by atoms with Crippen molar-refractivity contribution in [2.45, 2.75) is 38.8 Å². The summed E-state index contributed by atoms with van der Waals surface area (Å²) in [5.74, 6) is 1.17. The molecule has 0 radical (unpaired) electrons. The van der Waals surface area contributed by atoms with Gasteiger partial charge in [-0.15, -0.1) is 0 Å². The molecule has 160 valence electrons. The number of benzene rings is 2. The Bertz CT molecular complexity index is 1020. The predicted octanol–water partition coefficient (Wildman–Crippen LogP) is 6.14. The zero-order valence-electron chi connectivity index (χ0n) is 18.0. The molecule has 1 aromatic heterocycles. The third-order valence-electron chi connectivity index (χ3n) is 5.76. The van der Waals surface area contributed by atoms with Crippen molar-refractivity contribution >= 4 is 23.3 Å². The van der Waals surface area contributed by atoms with E-state index in [2.05, 4.69) is 41.2 Å². The van der Waals surface area contributed by atoms with Gasteiger partial charge in [0.05, 0.1) is 11.1 Å². The molecule has 4 nitrogen and oxygen atoms in total. The fourth-order valence-electron chi connectivity index (χ4n) is 3.96.